The molecule has 0 aliphatic rings. The first-order chi connectivity index (χ1) is 13.2. The van der Waals surface area contributed by atoms with Crippen LogP contribution in [0.1, 0.15) is 23.8 Å². The Morgan fingerprint density at radius 2 is 1.52 bits per heavy atom. The van der Waals surface area contributed by atoms with Crippen molar-refractivity contribution in [2.75, 3.05) is 0 Å². The van der Waals surface area contributed by atoms with Crippen LogP contribution in [0.4, 0.5) is 0 Å². The summed E-state index contributed by atoms with van der Waals surface area (Å²) < 4.78 is 5.85. The number of hydrogen-bond donors (Lipinski definition) is 0. The third-order valence-electron chi connectivity index (χ3n) is 3.99. The summed E-state index contributed by atoms with van der Waals surface area (Å²) in [7, 11) is 0. The molecule has 1 atom stereocenters. The Hall–Kier alpha value is -2.99. The van der Waals surface area contributed by atoms with E-state index in [1.807, 2.05) is 80.6 Å². The number of rotatable bonds is 5. The molecule has 0 amide bonds. The predicted molar refractivity (Wildman–Crippen MR) is 106 cm³/mol. The van der Waals surface area contributed by atoms with Gasteiger partial charge in [0.15, 0.2) is 5.16 Å². The van der Waals surface area contributed by atoms with Crippen molar-refractivity contribution < 1.29 is 4.42 Å². The van der Waals surface area contributed by atoms with Crippen molar-refractivity contribution in [3.63, 3.8) is 0 Å². The van der Waals surface area contributed by atoms with Gasteiger partial charge < -0.3 is 4.42 Å². The van der Waals surface area contributed by atoms with E-state index in [2.05, 4.69) is 15.2 Å². The molecule has 0 aliphatic carbocycles. The fourth-order valence-electron chi connectivity index (χ4n) is 2.66. The molecule has 0 N–H and O–H groups in total. The van der Waals surface area contributed by atoms with Gasteiger partial charge in [-0.2, -0.15) is 0 Å². The highest BCUT2D eigenvalue weighted by molar-refractivity contribution is 7.99. The van der Waals surface area contributed by atoms with Crippen LogP contribution in [0.25, 0.3) is 22.7 Å². The second-order valence-corrected chi connectivity index (χ2v) is 7.42. The van der Waals surface area contributed by atoms with Crippen molar-refractivity contribution in [2.45, 2.75) is 24.3 Å². The molecule has 0 fully saturated rings. The highest BCUT2D eigenvalue weighted by Crippen LogP contribution is 2.34. The maximum atomic E-state index is 5.85. The first kappa shape index (κ1) is 17.4. The molecule has 0 unspecified atom stereocenters. The van der Waals surface area contributed by atoms with E-state index in [1.54, 1.807) is 0 Å². The number of hydrogen-bond acceptors (Lipinski definition) is 6. The summed E-state index contributed by atoms with van der Waals surface area (Å²) in [6.45, 7) is 3.99. The average molecular weight is 374 g/mol. The van der Waals surface area contributed by atoms with Crippen LogP contribution in [-0.4, -0.2) is 20.2 Å². The Balaban J connectivity index is 1.56. The molecular weight excluding hydrogens is 356 g/mol. The van der Waals surface area contributed by atoms with E-state index in [4.69, 9.17) is 9.40 Å². The highest BCUT2D eigenvalue weighted by Gasteiger charge is 2.18. The van der Waals surface area contributed by atoms with Crippen molar-refractivity contribution in [3.05, 3.63) is 78.3 Å². The maximum Gasteiger partial charge on any atom is 0.247 e. The van der Waals surface area contributed by atoms with E-state index in [0.717, 1.165) is 22.5 Å². The van der Waals surface area contributed by atoms with Gasteiger partial charge in [0.2, 0.25) is 11.8 Å². The zero-order valence-electron chi connectivity index (χ0n) is 15.0. The molecule has 27 heavy (non-hydrogen) atoms. The largest absolute Gasteiger partial charge is 0.419 e. The summed E-state index contributed by atoms with van der Waals surface area (Å²) in [6, 6.07) is 21.8. The van der Waals surface area contributed by atoms with Gasteiger partial charge in [-0.3, -0.25) is 0 Å². The van der Waals surface area contributed by atoms with Crippen molar-refractivity contribution in [1.82, 2.24) is 20.2 Å². The van der Waals surface area contributed by atoms with Gasteiger partial charge in [0, 0.05) is 16.8 Å². The standard InChI is InChI=1S/C21H18N4OS/c1-14-13-18(16-9-5-3-6-10-16)23-21(22-14)27-15(2)19-24-25-20(26-19)17-11-7-4-8-12-17/h3-13,15H,1-2H3/t15-/m1/s1. The molecule has 0 saturated carbocycles. The number of aryl methyl sites for hydroxylation is 1. The molecule has 0 saturated heterocycles. The van der Waals surface area contributed by atoms with E-state index in [-0.39, 0.29) is 5.25 Å². The second-order valence-electron chi connectivity index (χ2n) is 6.11. The Labute approximate surface area is 161 Å². The first-order valence-corrected chi connectivity index (χ1v) is 9.53. The van der Waals surface area contributed by atoms with Gasteiger partial charge in [-0.1, -0.05) is 60.3 Å². The Morgan fingerprint density at radius 3 is 2.22 bits per heavy atom. The Kier molecular flexibility index (Phi) is 4.98. The molecule has 4 aromatic rings. The third-order valence-corrected chi connectivity index (χ3v) is 4.94. The fraction of sp³-hybridized carbons (Fsp3) is 0.143. The summed E-state index contributed by atoms with van der Waals surface area (Å²) in [5, 5.41) is 9.00. The minimum absolute atomic E-state index is 0.0552. The van der Waals surface area contributed by atoms with E-state index >= 15 is 0 Å². The van der Waals surface area contributed by atoms with Crippen LogP contribution in [-0.2, 0) is 0 Å². The molecule has 0 radical (unpaired) electrons. The normalized spacial score (nSPS) is 12.1. The number of nitrogens with zero attached hydrogens (tertiary/aromatic N) is 4. The predicted octanol–water partition coefficient (Wildman–Crippen LogP) is 5.36. The van der Waals surface area contributed by atoms with Gasteiger partial charge in [-0.25, -0.2) is 9.97 Å². The molecule has 0 bridgehead atoms. The molecule has 2 heterocycles. The summed E-state index contributed by atoms with van der Waals surface area (Å²) >= 11 is 1.51. The molecule has 134 valence electrons. The number of thioether (sulfide) groups is 1. The zero-order valence-corrected chi connectivity index (χ0v) is 15.9. The zero-order chi connectivity index (χ0) is 18.6. The smallest absolute Gasteiger partial charge is 0.247 e. The summed E-state index contributed by atoms with van der Waals surface area (Å²) in [5.74, 6) is 1.08. The summed E-state index contributed by atoms with van der Waals surface area (Å²) in [5.41, 5.74) is 3.82. The van der Waals surface area contributed by atoms with E-state index in [1.165, 1.54) is 11.8 Å². The quantitative estimate of drug-likeness (QED) is 0.346. The number of aromatic nitrogens is 4. The molecular formula is C21H18N4OS. The highest BCUT2D eigenvalue weighted by atomic mass is 32.2. The first-order valence-electron chi connectivity index (χ1n) is 8.65. The monoisotopic (exact) mass is 374 g/mol. The van der Waals surface area contributed by atoms with Gasteiger partial charge in [0.05, 0.1) is 10.9 Å². The fourth-order valence-corrected chi connectivity index (χ4v) is 3.52. The molecule has 5 nitrogen and oxygen atoms in total. The van der Waals surface area contributed by atoms with Crippen LogP contribution in [0.3, 0.4) is 0 Å². The van der Waals surface area contributed by atoms with Crippen LogP contribution < -0.4 is 0 Å². The van der Waals surface area contributed by atoms with Crippen LogP contribution in [0, 0.1) is 6.92 Å². The van der Waals surface area contributed by atoms with Crippen molar-refractivity contribution in [3.8, 4) is 22.7 Å². The lowest BCUT2D eigenvalue weighted by molar-refractivity contribution is 0.509. The van der Waals surface area contributed by atoms with E-state index in [0.29, 0.717) is 16.9 Å². The van der Waals surface area contributed by atoms with Gasteiger partial charge in [-0.05, 0) is 32.0 Å². The molecule has 4 rings (SSSR count). The molecule has 6 heteroatoms. The van der Waals surface area contributed by atoms with Crippen molar-refractivity contribution in [2.24, 2.45) is 0 Å². The maximum absolute atomic E-state index is 5.85. The molecule has 2 aromatic carbocycles. The van der Waals surface area contributed by atoms with Crippen LogP contribution in [0.5, 0.6) is 0 Å². The van der Waals surface area contributed by atoms with Crippen LogP contribution in [0.2, 0.25) is 0 Å². The topological polar surface area (TPSA) is 64.7 Å². The Bertz CT molecular complexity index is 1030. The summed E-state index contributed by atoms with van der Waals surface area (Å²) in [6.07, 6.45) is 0. The van der Waals surface area contributed by atoms with Gasteiger partial charge in [-0.15, -0.1) is 10.2 Å². The second kappa shape index (κ2) is 7.72. The lowest BCUT2D eigenvalue weighted by atomic mass is 10.1. The molecule has 0 aliphatic heterocycles. The lowest BCUT2D eigenvalue weighted by Crippen LogP contribution is -1.96. The third kappa shape index (κ3) is 4.06. The lowest BCUT2D eigenvalue weighted by Gasteiger charge is -2.08. The van der Waals surface area contributed by atoms with E-state index in [9.17, 15) is 0 Å². The van der Waals surface area contributed by atoms with Crippen molar-refractivity contribution >= 4 is 11.8 Å². The minimum atomic E-state index is -0.0552. The summed E-state index contributed by atoms with van der Waals surface area (Å²) in [4.78, 5) is 9.25. The van der Waals surface area contributed by atoms with Gasteiger partial charge >= 0.3 is 0 Å². The SMILES string of the molecule is Cc1cc(-c2ccccc2)nc(S[C@H](C)c2nnc(-c3ccccc3)o2)n1. The molecule has 0 spiro atoms. The van der Waals surface area contributed by atoms with Crippen molar-refractivity contribution in [1.29, 1.82) is 0 Å². The van der Waals surface area contributed by atoms with Crippen LogP contribution >= 0.6 is 11.8 Å². The van der Waals surface area contributed by atoms with Crippen LogP contribution in [0.15, 0.2) is 76.3 Å². The molecule has 2 aromatic heterocycles. The Morgan fingerprint density at radius 1 is 0.852 bits per heavy atom. The number of benzene rings is 2. The van der Waals surface area contributed by atoms with Gasteiger partial charge in [0.25, 0.3) is 0 Å². The van der Waals surface area contributed by atoms with E-state index < -0.39 is 0 Å². The average Bonchev–Trinajstić information content (AvgIpc) is 3.19. The minimum Gasteiger partial charge on any atom is -0.419 e. The van der Waals surface area contributed by atoms with Gasteiger partial charge in [0.1, 0.15) is 0 Å².